The second kappa shape index (κ2) is 7.43. The van der Waals surface area contributed by atoms with Crippen LogP contribution in [-0.2, 0) is 0 Å². The molecule has 5 nitrogen and oxygen atoms in total. The fourth-order valence-electron chi connectivity index (χ4n) is 2.73. The highest BCUT2D eigenvalue weighted by atomic mass is 16.5. The Labute approximate surface area is 125 Å². The minimum atomic E-state index is -0.0849. The van der Waals surface area contributed by atoms with Crippen molar-refractivity contribution in [2.45, 2.75) is 25.8 Å². The molecular formula is C16H24N2O3. The van der Waals surface area contributed by atoms with Crippen LogP contribution >= 0.6 is 0 Å². The summed E-state index contributed by atoms with van der Waals surface area (Å²) < 4.78 is 5.29. The van der Waals surface area contributed by atoms with E-state index in [1.807, 2.05) is 25.1 Å². The van der Waals surface area contributed by atoms with E-state index in [0.717, 1.165) is 24.9 Å². The molecule has 1 aromatic rings. The minimum Gasteiger partial charge on any atom is -0.496 e. The lowest BCUT2D eigenvalue weighted by molar-refractivity contribution is 0.0703. The highest BCUT2D eigenvalue weighted by Crippen LogP contribution is 2.22. The molecule has 5 heteroatoms. The molecule has 1 heterocycles. The molecule has 0 spiro atoms. The second-order valence-corrected chi connectivity index (χ2v) is 5.47. The lowest BCUT2D eigenvalue weighted by Gasteiger charge is -2.26. The molecule has 1 aliphatic heterocycles. The van der Waals surface area contributed by atoms with Crippen LogP contribution in [-0.4, -0.2) is 55.3 Å². The number of ether oxygens (including phenoxy) is 1. The van der Waals surface area contributed by atoms with Gasteiger partial charge in [0.2, 0.25) is 0 Å². The number of benzene rings is 1. The Balaban J connectivity index is 2.18. The molecule has 1 unspecified atom stereocenters. The van der Waals surface area contributed by atoms with Crippen LogP contribution in [0.15, 0.2) is 18.2 Å². The van der Waals surface area contributed by atoms with E-state index in [4.69, 9.17) is 4.74 Å². The molecule has 1 amide bonds. The number of aliphatic hydroxyl groups is 1. The summed E-state index contributed by atoms with van der Waals surface area (Å²) >= 11 is 0. The first kappa shape index (κ1) is 15.8. The Morgan fingerprint density at radius 3 is 2.95 bits per heavy atom. The van der Waals surface area contributed by atoms with Gasteiger partial charge in [0.15, 0.2) is 0 Å². The van der Waals surface area contributed by atoms with E-state index in [1.165, 1.54) is 0 Å². The number of carbonyl (C=O) groups is 1. The third-order valence-electron chi connectivity index (χ3n) is 3.85. The van der Waals surface area contributed by atoms with E-state index in [9.17, 15) is 9.90 Å². The summed E-state index contributed by atoms with van der Waals surface area (Å²) in [6.45, 7) is 3.88. The summed E-state index contributed by atoms with van der Waals surface area (Å²) in [5.41, 5.74) is 1.58. The summed E-state index contributed by atoms with van der Waals surface area (Å²) in [6.07, 6.45) is 2.21. The zero-order valence-electron chi connectivity index (χ0n) is 12.8. The normalized spacial score (nSPS) is 17.8. The van der Waals surface area contributed by atoms with Crippen LogP contribution in [0.2, 0.25) is 0 Å². The molecule has 1 fully saturated rings. The van der Waals surface area contributed by atoms with Crippen molar-refractivity contribution in [1.82, 2.24) is 10.2 Å². The van der Waals surface area contributed by atoms with E-state index in [1.54, 1.807) is 12.0 Å². The van der Waals surface area contributed by atoms with Crippen molar-refractivity contribution in [3.8, 4) is 5.75 Å². The van der Waals surface area contributed by atoms with Gasteiger partial charge < -0.3 is 20.1 Å². The number of nitrogens with one attached hydrogen (secondary N) is 1. The van der Waals surface area contributed by atoms with Gasteiger partial charge in [-0.3, -0.25) is 4.79 Å². The molecule has 0 bridgehead atoms. The predicted molar refractivity (Wildman–Crippen MR) is 81.7 cm³/mol. The van der Waals surface area contributed by atoms with E-state index in [-0.39, 0.29) is 12.5 Å². The van der Waals surface area contributed by atoms with Gasteiger partial charge in [-0.1, -0.05) is 11.6 Å². The molecule has 1 saturated heterocycles. The third kappa shape index (κ3) is 3.95. The number of rotatable bonds is 6. The van der Waals surface area contributed by atoms with Crippen molar-refractivity contribution in [2.24, 2.45) is 0 Å². The molecule has 0 aromatic heterocycles. The molecule has 1 aromatic carbocycles. The van der Waals surface area contributed by atoms with Gasteiger partial charge in [0.25, 0.3) is 5.91 Å². The van der Waals surface area contributed by atoms with Crippen molar-refractivity contribution >= 4 is 5.91 Å². The largest absolute Gasteiger partial charge is 0.496 e. The number of hydrogen-bond donors (Lipinski definition) is 2. The van der Waals surface area contributed by atoms with E-state index in [0.29, 0.717) is 30.4 Å². The maximum absolute atomic E-state index is 12.8. The summed E-state index contributed by atoms with van der Waals surface area (Å²) in [5.74, 6) is 0.492. The fraction of sp³-hybridized carbons (Fsp3) is 0.562. The van der Waals surface area contributed by atoms with Gasteiger partial charge in [0.05, 0.1) is 19.3 Å². The summed E-state index contributed by atoms with van der Waals surface area (Å²) in [7, 11) is 1.57. The molecule has 2 rings (SSSR count). The van der Waals surface area contributed by atoms with Gasteiger partial charge in [-0.25, -0.2) is 0 Å². The lowest BCUT2D eigenvalue weighted by Crippen LogP contribution is -2.42. The molecule has 21 heavy (non-hydrogen) atoms. The zero-order chi connectivity index (χ0) is 15.2. The first-order chi connectivity index (χ1) is 10.2. The van der Waals surface area contributed by atoms with Crippen molar-refractivity contribution in [1.29, 1.82) is 0 Å². The van der Waals surface area contributed by atoms with Crippen molar-refractivity contribution in [2.75, 3.05) is 33.4 Å². The molecular weight excluding hydrogens is 268 g/mol. The molecule has 2 N–H and O–H groups in total. The SMILES string of the molecule is COc1ccc(C)cc1C(=O)N(CCO)CC1CCCN1. The van der Waals surface area contributed by atoms with Crippen LogP contribution in [0.1, 0.15) is 28.8 Å². The van der Waals surface area contributed by atoms with Crippen LogP contribution in [0.3, 0.4) is 0 Å². The minimum absolute atomic E-state index is 0.0351. The smallest absolute Gasteiger partial charge is 0.257 e. The lowest BCUT2D eigenvalue weighted by atomic mass is 10.1. The third-order valence-corrected chi connectivity index (χ3v) is 3.85. The Bertz CT molecular complexity index is 484. The Kier molecular flexibility index (Phi) is 5.59. The van der Waals surface area contributed by atoms with Gasteiger partial charge >= 0.3 is 0 Å². The number of aliphatic hydroxyl groups excluding tert-OH is 1. The first-order valence-corrected chi connectivity index (χ1v) is 7.44. The highest BCUT2D eigenvalue weighted by Gasteiger charge is 2.24. The van der Waals surface area contributed by atoms with Crippen LogP contribution in [0, 0.1) is 6.92 Å². The van der Waals surface area contributed by atoms with Gasteiger partial charge in [0, 0.05) is 19.1 Å². The van der Waals surface area contributed by atoms with Crippen molar-refractivity contribution in [3.05, 3.63) is 29.3 Å². The molecule has 0 aliphatic carbocycles. The number of hydrogen-bond acceptors (Lipinski definition) is 4. The number of nitrogens with zero attached hydrogens (tertiary/aromatic N) is 1. The van der Waals surface area contributed by atoms with Gasteiger partial charge in [-0.15, -0.1) is 0 Å². The van der Waals surface area contributed by atoms with Crippen molar-refractivity contribution in [3.63, 3.8) is 0 Å². The number of amides is 1. The van der Waals surface area contributed by atoms with E-state index < -0.39 is 0 Å². The average Bonchev–Trinajstić information content (AvgIpc) is 2.99. The number of methoxy groups -OCH3 is 1. The topological polar surface area (TPSA) is 61.8 Å². The van der Waals surface area contributed by atoms with Crippen LogP contribution in [0.25, 0.3) is 0 Å². The van der Waals surface area contributed by atoms with Gasteiger partial charge in [-0.05, 0) is 38.4 Å². The average molecular weight is 292 g/mol. The maximum Gasteiger partial charge on any atom is 0.257 e. The van der Waals surface area contributed by atoms with Gasteiger partial charge in [0.1, 0.15) is 5.75 Å². The van der Waals surface area contributed by atoms with E-state index >= 15 is 0 Å². The number of aryl methyl sites for hydroxylation is 1. The Hall–Kier alpha value is -1.59. The fourth-order valence-corrected chi connectivity index (χ4v) is 2.73. The molecule has 0 radical (unpaired) electrons. The number of carbonyl (C=O) groups excluding carboxylic acids is 1. The first-order valence-electron chi connectivity index (χ1n) is 7.44. The monoisotopic (exact) mass is 292 g/mol. The second-order valence-electron chi connectivity index (χ2n) is 5.47. The molecule has 116 valence electrons. The quantitative estimate of drug-likeness (QED) is 0.827. The zero-order valence-corrected chi connectivity index (χ0v) is 12.8. The van der Waals surface area contributed by atoms with Crippen LogP contribution in [0.4, 0.5) is 0 Å². The van der Waals surface area contributed by atoms with Crippen molar-refractivity contribution < 1.29 is 14.6 Å². The Morgan fingerprint density at radius 1 is 1.52 bits per heavy atom. The Morgan fingerprint density at radius 2 is 2.33 bits per heavy atom. The van der Waals surface area contributed by atoms with Gasteiger partial charge in [-0.2, -0.15) is 0 Å². The molecule has 1 atom stereocenters. The standard InChI is InChI=1S/C16H24N2O3/c1-12-5-6-15(21-2)14(10-12)16(20)18(8-9-19)11-13-4-3-7-17-13/h5-6,10,13,17,19H,3-4,7-9,11H2,1-2H3. The van der Waals surface area contributed by atoms with Crippen LogP contribution in [0.5, 0.6) is 5.75 Å². The van der Waals surface area contributed by atoms with Crippen LogP contribution < -0.4 is 10.1 Å². The summed E-state index contributed by atoms with van der Waals surface area (Å²) in [5, 5.41) is 12.6. The predicted octanol–water partition coefficient (Wildman–Crippen LogP) is 1.19. The summed E-state index contributed by atoms with van der Waals surface area (Å²) in [6, 6.07) is 5.89. The van der Waals surface area contributed by atoms with E-state index in [2.05, 4.69) is 5.32 Å². The molecule has 1 aliphatic rings. The maximum atomic E-state index is 12.8. The highest BCUT2D eigenvalue weighted by molar-refractivity contribution is 5.97. The molecule has 0 saturated carbocycles. The summed E-state index contributed by atoms with van der Waals surface area (Å²) in [4.78, 5) is 14.5.